The molecule has 5 nitrogen and oxygen atoms in total. The SMILES string of the molecule is CC.CC(=N)CCCCCCCCCCCCC(=O)NCC(=O)O. The van der Waals surface area contributed by atoms with Crippen LogP contribution in [0.1, 0.15) is 97.8 Å². The number of hydrogen-bond acceptors (Lipinski definition) is 3. The second kappa shape index (κ2) is 19.7. The fourth-order valence-corrected chi connectivity index (χ4v) is 2.35. The minimum Gasteiger partial charge on any atom is -0.480 e. The Morgan fingerprint density at radius 1 is 0.792 bits per heavy atom. The van der Waals surface area contributed by atoms with Crippen LogP contribution < -0.4 is 5.32 Å². The van der Waals surface area contributed by atoms with Crippen molar-refractivity contribution >= 4 is 17.6 Å². The number of unbranched alkanes of at least 4 members (excludes halogenated alkanes) is 9. The number of carbonyl (C=O) groups excluding carboxylic acids is 1. The van der Waals surface area contributed by atoms with Gasteiger partial charge >= 0.3 is 5.97 Å². The molecular weight excluding hydrogens is 304 g/mol. The fourth-order valence-electron chi connectivity index (χ4n) is 2.35. The molecule has 5 heteroatoms. The number of amides is 1. The summed E-state index contributed by atoms with van der Waals surface area (Å²) in [4.78, 5) is 21.5. The number of nitrogens with one attached hydrogen (secondary N) is 2. The van der Waals surface area contributed by atoms with Crippen molar-refractivity contribution in [1.82, 2.24) is 5.32 Å². The molecule has 0 aromatic rings. The molecule has 0 atom stereocenters. The lowest BCUT2D eigenvalue weighted by Crippen LogP contribution is -2.28. The molecule has 0 unspecified atom stereocenters. The summed E-state index contributed by atoms with van der Waals surface area (Å²) in [5.74, 6) is -1.16. The summed E-state index contributed by atoms with van der Waals surface area (Å²) < 4.78 is 0. The maximum atomic E-state index is 11.3. The van der Waals surface area contributed by atoms with Gasteiger partial charge in [-0.2, -0.15) is 0 Å². The van der Waals surface area contributed by atoms with E-state index in [1.807, 2.05) is 20.8 Å². The number of aliphatic carboxylic acids is 1. The Labute approximate surface area is 148 Å². The smallest absolute Gasteiger partial charge is 0.322 e. The van der Waals surface area contributed by atoms with E-state index in [-0.39, 0.29) is 12.5 Å². The van der Waals surface area contributed by atoms with Crippen LogP contribution in [0.4, 0.5) is 0 Å². The van der Waals surface area contributed by atoms with Gasteiger partial charge in [0.05, 0.1) is 0 Å². The number of carbonyl (C=O) groups is 2. The monoisotopic (exact) mass is 342 g/mol. The number of hydrogen-bond donors (Lipinski definition) is 3. The maximum absolute atomic E-state index is 11.3. The van der Waals surface area contributed by atoms with Crippen molar-refractivity contribution < 1.29 is 14.7 Å². The highest BCUT2D eigenvalue weighted by Gasteiger charge is 2.03. The van der Waals surface area contributed by atoms with E-state index in [2.05, 4.69) is 5.32 Å². The van der Waals surface area contributed by atoms with Gasteiger partial charge in [-0.3, -0.25) is 9.59 Å². The van der Waals surface area contributed by atoms with E-state index in [1.165, 1.54) is 38.5 Å². The number of rotatable bonds is 15. The molecule has 0 saturated carbocycles. The van der Waals surface area contributed by atoms with Crippen LogP contribution in [-0.2, 0) is 9.59 Å². The van der Waals surface area contributed by atoms with Crippen LogP contribution in [0.15, 0.2) is 0 Å². The predicted molar refractivity (Wildman–Crippen MR) is 101 cm³/mol. The summed E-state index contributed by atoms with van der Waals surface area (Å²) in [6.07, 6.45) is 13.1. The van der Waals surface area contributed by atoms with Crippen molar-refractivity contribution in [3.8, 4) is 0 Å². The predicted octanol–water partition coefficient (Wildman–Crippen LogP) is 4.93. The summed E-state index contributed by atoms with van der Waals surface area (Å²) >= 11 is 0. The normalized spacial score (nSPS) is 9.79. The van der Waals surface area contributed by atoms with Crippen molar-refractivity contribution in [3.05, 3.63) is 0 Å². The Morgan fingerprint density at radius 3 is 1.54 bits per heavy atom. The van der Waals surface area contributed by atoms with Crippen LogP contribution in [0.3, 0.4) is 0 Å². The molecular formula is C19H38N2O3. The van der Waals surface area contributed by atoms with E-state index in [0.717, 1.165) is 37.8 Å². The van der Waals surface area contributed by atoms with Gasteiger partial charge in [0, 0.05) is 12.1 Å². The summed E-state index contributed by atoms with van der Waals surface area (Å²) in [5.41, 5.74) is 0.789. The van der Waals surface area contributed by atoms with Crippen molar-refractivity contribution in [3.63, 3.8) is 0 Å². The largest absolute Gasteiger partial charge is 0.480 e. The van der Waals surface area contributed by atoms with Gasteiger partial charge in [-0.25, -0.2) is 0 Å². The first-order valence-corrected chi connectivity index (χ1v) is 9.55. The second-order valence-corrected chi connectivity index (χ2v) is 5.99. The van der Waals surface area contributed by atoms with Gasteiger partial charge in [0.2, 0.25) is 5.91 Å². The molecule has 0 aromatic carbocycles. The topological polar surface area (TPSA) is 90.3 Å². The third kappa shape index (κ3) is 22.9. The van der Waals surface area contributed by atoms with Gasteiger partial charge in [-0.05, 0) is 26.2 Å². The third-order valence-electron chi connectivity index (χ3n) is 3.64. The van der Waals surface area contributed by atoms with Crippen LogP contribution in [0, 0.1) is 5.41 Å². The standard InChI is InChI=1S/C17H32N2O3.C2H6/c1-15(18)12-10-8-6-4-2-3-5-7-9-11-13-16(20)19-14-17(21)22;1-2/h18H,2-14H2,1H3,(H,19,20)(H,21,22);1-2H3. The van der Waals surface area contributed by atoms with Crippen molar-refractivity contribution in [1.29, 1.82) is 5.41 Å². The van der Waals surface area contributed by atoms with Crippen LogP contribution in [0.2, 0.25) is 0 Å². The molecule has 0 fully saturated rings. The van der Waals surface area contributed by atoms with Crippen LogP contribution in [-0.4, -0.2) is 29.2 Å². The van der Waals surface area contributed by atoms with Crippen molar-refractivity contribution in [2.24, 2.45) is 0 Å². The lowest BCUT2D eigenvalue weighted by Gasteiger charge is -2.03. The van der Waals surface area contributed by atoms with Gasteiger partial charge in [0.25, 0.3) is 0 Å². The summed E-state index contributed by atoms with van der Waals surface area (Å²) in [6, 6.07) is 0. The molecule has 3 N–H and O–H groups in total. The minimum absolute atomic E-state index is 0.164. The molecule has 24 heavy (non-hydrogen) atoms. The average Bonchev–Trinajstić information content (AvgIpc) is 2.55. The average molecular weight is 343 g/mol. The van der Waals surface area contributed by atoms with E-state index in [0.29, 0.717) is 6.42 Å². The van der Waals surface area contributed by atoms with E-state index in [4.69, 9.17) is 10.5 Å². The molecule has 0 heterocycles. The molecule has 0 spiro atoms. The first-order chi connectivity index (χ1) is 11.5. The minimum atomic E-state index is -0.999. The lowest BCUT2D eigenvalue weighted by molar-refractivity contribution is -0.137. The Kier molecular flexibility index (Phi) is 20.4. The van der Waals surface area contributed by atoms with Crippen LogP contribution in [0.25, 0.3) is 0 Å². The highest BCUT2D eigenvalue weighted by molar-refractivity contribution is 5.81. The molecule has 0 aliphatic heterocycles. The highest BCUT2D eigenvalue weighted by Crippen LogP contribution is 2.12. The van der Waals surface area contributed by atoms with E-state index in [9.17, 15) is 9.59 Å². The van der Waals surface area contributed by atoms with Crippen molar-refractivity contribution in [2.45, 2.75) is 97.8 Å². The zero-order valence-electron chi connectivity index (χ0n) is 16.0. The van der Waals surface area contributed by atoms with Gasteiger partial charge in [-0.15, -0.1) is 0 Å². The Morgan fingerprint density at radius 2 is 1.17 bits per heavy atom. The van der Waals surface area contributed by atoms with Gasteiger partial charge in [0.1, 0.15) is 6.54 Å². The van der Waals surface area contributed by atoms with E-state index in [1.54, 1.807) is 0 Å². The first-order valence-electron chi connectivity index (χ1n) is 9.55. The molecule has 0 aliphatic rings. The molecule has 1 amide bonds. The zero-order chi connectivity index (χ0) is 18.6. The summed E-state index contributed by atoms with van der Waals surface area (Å²) in [7, 11) is 0. The van der Waals surface area contributed by atoms with Crippen molar-refractivity contribution in [2.75, 3.05) is 6.54 Å². The molecule has 0 radical (unpaired) electrons. The number of carboxylic acid groups (broad SMARTS) is 1. The molecule has 0 aromatic heterocycles. The summed E-state index contributed by atoms with van der Waals surface area (Å²) in [5, 5.41) is 18.1. The van der Waals surface area contributed by atoms with Gasteiger partial charge in [0.15, 0.2) is 0 Å². The molecule has 0 bridgehead atoms. The Hall–Kier alpha value is -1.39. The molecule has 0 rings (SSSR count). The Balaban J connectivity index is 0. The third-order valence-corrected chi connectivity index (χ3v) is 3.64. The molecule has 142 valence electrons. The lowest BCUT2D eigenvalue weighted by atomic mass is 10.0. The molecule has 0 saturated heterocycles. The van der Waals surface area contributed by atoms with E-state index < -0.39 is 5.97 Å². The highest BCUT2D eigenvalue weighted by atomic mass is 16.4. The maximum Gasteiger partial charge on any atom is 0.322 e. The quantitative estimate of drug-likeness (QED) is 0.291. The molecule has 0 aliphatic carbocycles. The fraction of sp³-hybridized carbons (Fsp3) is 0.842. The van der Waals surface area contributed by atoms with Crippen LogP contribution >= 0.6 is 0 Å². The summed E-state index contributed by atoms with van der Waals surface area (Å²) in [6.45, 7) is 5.59. The second-order valence-electron chi connectivity index (χ2n) is 5.99. The Bertz CT molecular complexity index is 331. The van der Waals surface area contributed by atoms with Crippen LogP contribution in [0.5, 0.6) is 0 Å². The van der Waals surface area contributed by atoms with Gasteiger partial charge < -0.3 is 15.8 Å². The first kappa shape index (κ1) is 24.9. The van der Waals surface area contributed by atoms with Gasteiger partial charge in [-0.1, -0.05) is 65.2 Å². The van der Waals surface area contributed by atoms with E-state index >= 15 is 0 Å². The number of carboxylic acids is 1. The zero-order valence-corrected chi connectivity index (χ0v) is 16.0.